The molecule has 0 saturated heterocycles. The van der Waals surface area contributed by atoms with E-state index in [-0.39, 0.29) is 21.1 Å². The Labute approximate surface area is 218 Å². The van der Waals surface area contributed by atoms with Gasteiger partial charge in [-0.05, 0) is 36.4 Å². The Kier molecular flexibility index (Phi) is 24.7. The van der Waals surface area contributed by atoms with Gasteiger partial charge in [-0.1, -0.05) is 18.2 Å². The van der Waals surface area contributed by atoms with Gasteiger partial charge in [-0.2, -0.15) is 0 Å². The van der Waals surface area contributed by atoms with E-state index in [1.807, 2.05) is 18.2 Å². The van der Waals surface area contributed by atoms with E-state index >= 15 is 0 Å². The molecule has 3 heterocycles. The second-order valence-electron chi connectivity index (χ2n) is 5.16. The summed E-state index contributed by atoms with van der Waals surface area (Å²) in [5.41, 5.74) is 13.0. The molecule has 3 aromatic heterocycles. The van der Waals surface area contributed by atoms with Crippen molar-refractivity contribution in [2.45, 2.75) is 0 Å². The maximum absolute atomic E-state index is 13.6. The third-order valence-corrected chi connectivity index (χ3v) is 5.65. The van der Waals surface area contributed by atoms with Crippen LogP contribution in [-0.2, 0) is 39.8 Å². The molecule has 21 heteroatoms. The van der Waals surface area contributed by atoms with Gasteiger partial charge in [0.2, 0.25) is 7.14 Å². The third kappa shape index (κ3) is 20.9. The predicted octanol–water partition coefficient (Wildman–Crippen LogP) is 3.86. The number of pyridine rings is 3. The Morgan fingerprint density at radius 3 is 0.919 bits per heavy atom. The number of rotatable bonds is 3. The Morgan fingerprint density at radius 1 is 0.595 bits per heavy atom. The van der Waals surface area contributed by atoms with Crippen LogP contribution in [0.4, 0.5) is 34.5 Å². The second kappa shape index (κ2) is 22.2. The van der Waals surface area contributed by atoms with Gasteiger partial charge in [0.15, 0.2) is 0 Å². The Bertz CT molecular complexity index is 941. The number of nitrogens with zero attached hydrogens (tertiary/aromatic N) is 5. The van der Waals surface area contributed by atoms with Crippen LogP contribution in [0.1, 0.15) is 0 Å². The van der Waals surface area contributed by atoms with E-state index in [2.05, 4.69) is 21.6 Å². The summed E-state index contributed by atoms with van der Waals surface area (Å²) >= 11 is 0. The molecule has 0 fully saturated rings. The standard InChI is InChI=1S/C15H12N3OP.CO.2BF4.2NO.W/c19-20(13-7-1-4-10-16-13,14-8-2-5-11-17-14)15-9-3-6-12-18-15;1-2;2*2-1(3,4)5;2*1-2;/h1-12H;;;;;;/q;;2*-1;2*+1;+2. The fourth-order valence-electron chi connectivity index (χ4n) is 1.97. The molecule has 0 saturated carbocycles. The molecule has 0 radical (unpaired) electrons. The van der Waals surface area contributed by atoms with Crippen molar-refractivity contribution in [3.63, 3.8) is 0 Å². The summed E-state index contributed by atoms with van der Waals surface area (Å²) in [4.78, 5) is 12.8. The van der Waals surface area contributed by atoms with E-state index in [1.54, 1.807) is 55.0 Å². The molecule has 0 spiro atoms. The third-order valence-electron chi connectivity index (χ3n) is 2.92. The van der Waals surface area contributed by atoms with E-state index in [1.165, 1.54) is 0 Å². The molecular formula is C16H12B2F8N5O4PW+2. The smallest absolute Gasteiger partial charge is 2.00 e. The molecule has 9 nitrogen and oxygen atoms in total. The molecule has 0 atom stereocenters. The summed E-state index contributed by atoms with van der Waals surface area (Å²) in [5.74, 6) is 0. The Hall–Kier alpha value is -2.98. The number of halogens is 8. The van der Waals surface area contributed by atoms with Crippen LogP contribution in [0.5, 0.6) is 0 Å². The largest absolute Gasteiger partial charge is 2.00 e. The summed E-state index contributed by atoms with van der Waals surface area (Å²) in [7, 11) is -15.1. The molecule has 196 valence electrons. The normalized spacial score (nSPS) is 9.46. The van der Waals surface area contributed by atoms with Crippen LogP contribution in [0.2, 0.25) is 0 Å². The summed E-state index contributed by atoms with van der Waals surface area (Å²) in [6.45, 7) is 4.50. The molecule has 0 N–H and O–H groups in total. The molecule has 0 aliphatic carbocycles. The summed E-state index contributed by atoms with van der Waals surface area (Å²) in [5, 5.41) is 0. The molecule has 0 unspecified atom stereocenters. The number of hydrogen-bond donors (Lipinski definition) is 0. The van der Waals surface area contributed by atoms with Crippen molar-refractivity contribution in [1.29, 1.82) is 10.9 Å². The van der Waals surface area contributed by atoms with Crippen molar-refractivity contribution in [1.82, 2.24) is 15.0 Å². The summed E-state index contributed by atoms with van der Waals surface area (Å²) in [6, 6.07) is 16.1. The molecule has 0 bridgehead atoms. The zero-order valence-electron chi connectivity index (χ0n) is 17.8. The Balaban J connectivity index is -0.000000269. The van der Waals surface area contributed by atoms with Crippen molar-refractivity contribution < 1.29 is 74.4 Å². The monoisotopic (exact) mass is 727 g/mol. The average Bonchev–Trinajstić information content (AvgIpc) is 2.87. The minimum absolute atomic E-state index is 0. The summed E-state index contributed by atoms with van der Waals surface area (Å²) < 4.78 is 114. The van der Waals surface area contributed by atoms with Crippen molar-refractivity contribution in [2.75, 3.05) is 0 Å². The molecule has 0 amide bonds. The van der Waals surface area contributed by atoms with Crippen LogP contribution >= 0.6 is 7.14 Å². The first-order valence-corrected chi connectivity index (χ1v) is 10.2. The van der Waals surface area contributed by atoms with Gasteiger partial charge in [-0.25, -0.2) is 0 Å². The maximum Gasteiger partial charge on any atom is 2.00 e. The topological polar surface area (TPSA) is 163 Å². The van der Waals surface area contributed by atoms with Gasteiger partial charge in [-0.15, -0.1) is 0 Å². The van der Waals surface area contributed by atoms with Gasteiger partial charge in [0.25, 0.3) is 0 Å². The fourth-order valence-corrected chi connectivity index (χ4v) is 4.25. The maximum atomic E-state index is 13.6. The number of hydrogen-bond acceptors (Lipinski definition) is 6. The van der Waals surface area contributed by atoms with Gasteiger partial charge < -0.3 is 39.1 Å². The zero-order valence-corrected chi connectivity index (χ0v) is 21.7. The van der Waals surface area contributed by atoms with E-state index in [9.17, 15) is 39.1 Å². The number of aromatic nitrogens is 3. The molecule has 3 rings (SSSR count). The quantitative estimate of drug-likeness (QED) is 0.131. The SMILES string of the molecule is F[B-](F)(F)F.F[B-](F)(F)F.N#[O+].N#[O+].O=P(c1ccccn1)(c1ccccn1)c1ccccn1.[C-]#[O+].[W+2]. The van der Waals surface area contributed by atoms with Gasteiger partial charge in [0.05, 0.1) is 0 Å². The molecular weight excluding hydrogens is 715 g/mol. The van der Waals surface area contributed by atoms with Crippen LogP contribution in [0.25, 0.3) is 0 Å². The van der Waals surface area contributed by atoms with E-state index in [0.29, 0.717) is 16.3 Å². The summed E-state index contributed by atoms with van der Waals surface area (Å²) in [6.07, 6.45) is 4.90. The van der Waals surface area contributed by atoms with Crippen LogP contribution < -0.4 is 16.3 Å². The van der Waals surface area contributed by atoms with Crippen LogP contribution in [0.3, 0.4) is 0 Å². The van der Waals surface area contributed by atoms with E-state index < -0.39 is 21.7 Å². The van der Waals surface area contributed by atoms with Crippen LogP contribution in [-0.4, -0.2) is 29.5 Å². The van der Waals surface area contributed by atoms with Gasteiger partial charge in [0, 0.05) is 18.6 Å². The molecule has 37 heavy (non-hydrogen) atoms. The molecule has 0 aromatic carbocycles. The predicted molar refractivity (Wildman–Crippen MR) is 108 cm³/mol. The van der Waals surface area contributed by atoms with Crippen LogP contribution in [0.15, 0.2) is 73.2 Å². The minimum atomic E-state index is -6.00. The van der Waals surface area contributed by atoms with Crippen molar-refractivity contribution in [3.8, 4) is 0 Å². The molecule has 3 aromatic rings. The zero-order chi connectivity index (χ0) is 28.8. The second-order valence-corrected chi connectivity index (χ2v) is 7.76. The first-order chi connectivity index (χ1) is 16.8. The molecule has 0 aliphatic heterocycles. The first-order valence-electron chi connectivity index (χ1n) is 8.48. The van der Waals surface area contributed by atoms with Gasteiger partial charge in [0.1, 0.15) is 16.3 Å². The average molecular weight is 727 g/mol. The Morgan fingerprint density at radius 2 is 0.784 bits per heavy atom. The fraction of sp³-hybridized carbons (Fsp3) is 0. The van der Waals surface area contributed by atoms with E-state index in [0.717, 1.165) is 0 Å². The molecule has 0 aliphatic rings. The van der Waals surface area contributed by atoms with Crippen molar-refractivity contribution in [3.05, 3.63) is 79.8 Å². The first kappa shape index (κ1) is 41.2. The van der Waals surface area contributed by atoms with Crippen molar-refractivity contribution in [2.24, 2.45) is 0 Å². The van der Waals surface area contributed by atoms with E-state index in [4.69, 9.17) is 25.1 Å². The minimum Gasteiger partial charge on any atom is 2.00 e. The van der Waals surface area contributed by atoms with Gasteiger partial charge in [-0.3, -0.25) is 15.0 Å². The van der Waals surface area contributed by atoms with Crippen molar-refractivity contribution >= 4 is 38.0 Å². The van der Waals surface area contributed by atoms with Gasteiger partial charge >= 0.3 is 67.3 Å². The van der Waals surface area contributed by atoms with Crippen LogP contribution in [0, 0.1) is 17.6 Å².